The zero-order valence-corrected chi connectivity index (χ0v) is 14.9. The van der Waals surface area contributed by atoms with Gasteiger partial charge in [0.1, 0.15) is 0 Å². The fourth-order valence-corrected chi connectivity index (χ4v) is 2.71. The number of benzene rings is 2. The van der Waals surface area contributed by atoms with Gasteiger partial charge in [0, 0.05) is 14.6 Å². The molecular formula is C16H15Br2NO2. The first-order chi connectivity index (χ1) is 10.0. The Morgan fingerprint density at radius 1 is 1.14 bits per heavy atom. The molecule has 1 unspecified atom stereocenters. The second-order valence-electron chi connectivity index (χ2n) is 4.59. The SMILES string of the molecule is COC(=O)C(Nc1ccccc1Br)c1ccc(C)c(Br)c1. The zero-order chi connectivity index (χ0) is 15.4. The standard InChI is InChI=1S/C16H15Br2NO2/c1-10-7-8-11(9-13(10)18)15(16(20)21-2)19-14-6-4-3-5-12(14)17/h3-9,15,19H,1-2H3. The van der Waals surface area contributed by atoms with Crippen LogP contribution in [0.25, 0.3) is 0 Å². The van der Waals surface area contributed by atoms with E-state index in [1.54, 1.807) is 0 Å². The largest absolute Gasteiger partial charge is 0.467 e. The molecule has 5 heteroatoms. The summed E-state index contributed by atoms with van der Waals surface area (Å²) in [5.74, 6) is -0.332. The van der Waals surface area contributed by atoms with E-state index in [4.69, 9.17) is 4.74 Å². The molecule has 0 aliphatic heterocycles. The normalized spacial score (nSPS) is 11.8. The van der Waals surface area contributed by atoms with Crippen LogP contribution in [0.15, 0.2) is 51.4 Å². The number of hydrogen-bond acceptors (Lipinski definition) is 3. The maximum Gasteiger partial charge on any atom is 0.332 e. The van der Waals surface area contributed by atoms with Gasteiger partial charge in [-0.2, -0.15) is 0 Å². The van der Waals surface area contributed by atoms with Crippen molar-refractivity contribution in [3.8, 4) is 0 Å². The van der Waals surface area contributed by atoms with Crippen LogP contribution in [-0.2, 0) is 9.53 Å². The minimum Gasteiger partial charge on any atom is -0.467 e. The quantitative estimate of drug-likeness (QED) is 0.729. The highest BCUT2D eigenvalue weighted by molar-refractivity contribution is 9.10. The number of rotatable bonds is 4. The molecule has 0 aliphatic rings. The van der Waals surface area contributed by atoms with Gasteiger partial charge in [-0.1, -0.05) is 40.2 Å². The highest BCUT2D eigenvalue weighted by Crippen LogP contribution is 2.29. The summed E-state index contributed by atoms with van der Waals surface area (Å²) in [5, 5.41) is 3.22. The van der Waals surface area contributed by atoms with E-state index >= 15 is 0 Å². The van der Waals surface area contributed by atoms with Crippen molar-refractivity contribution in [3.63, 3.8) is 0 Å². The molecule has 0 saturated heterocycles. The van der Waals surface area contributed by atoms with Crippen molar-refractivity contribution in [2.45, 2.75) is 13.0 Å². The first-order valence-electron chi connectivity index (χ1n) is 6.38. The van der Waals surface area contributed by atoms with E-state index in [0.717, 1.165) is 25.8 Å². The first-order valence-corrected chi connectivity index (χ1v) is 7.96. The molecule has 0 aromatic heterocycles. The maximum absolute atomic E-state index is 12.1. The van der Waals surface area contributed by atoms with Crippen molar-refractivity contribution in [3.05, 3.63) is 62.5 Å². The number of carbonyl (C=O) groups is 1. The van der Waals surface area contributed by atoms with Crippen LogP contribution in [0.3, 0.4) is 0 Å². The van der Waals surface area contributed by atoms with E-state index in [1.165, 1.54) is 7.11 Å². The van der Waals surface area contributed by atoms with Crippen LogP contribution in [0, 0.1) is 6.92 Å². The molecule has 2 aromatic rings. The maximum atomic E-state index is 12.1. The van der Waals surface area contributed by atoms with Crippen LogP contribution in [0.1, 0.15) is 17.2 Å². The molecule has 0 radical (unpaired) electrons. The Bertz CT molecular complexity index is 658. The van der Waals surface area contributed by atoms with Crippen molar-refractivity contribution in [1.82, 2.24) is 0 Å². The molecule has 0 heterocycles. The van der Waals surface area contributed by atoms with E-state index in [0.29, 0.717) is 0 Å². The van der Waals surface area contributed by atoms with Crippen LogP contribution in [0.2, 0.25) is 0 Å². The average molecular weight is 413 g/mol. The third-order valence-corrected chi connectivity index (χ3v) is 4.69. The van der Waals surface area contributed by atoms with Crippen molar-refractivity contribution in [2.75, 3.05) is 12.4 Å². The van der Waals surface area contributed by atoms with Gasteiger partial charge in [-0.05, 0) is 52.2 Å². The Kier molecular flexibility index (Phi) is 5.42. The Morgan fingerprint density at radius 2 is 1.86 bits per heavy atom. The number of carbonyl (C=O) groups excluding carboxylic acids is 1. The van der Waals surface area contributed by atoms with Gasteiger partial charge in [-0.25, -0.2) is 4.79 Å². The number of aryl methyl sites for hydroxylation is 1. The Labute approximate surface area is 141 Å². The van der Waals surface area contributed by atoms with E-state index in [9.17, 15) is 4.79 Å². The summed E-state index contributed by atoms with van der Waals surface area (Å²) in [5.41, 5.74) is 2.79. The van der Waals surface area contributed by atoms with E-state index in [-0.39, 0.29) is 5.97 Å². The van der Waals surface area contributed by atoms with Gasteiger partial charge in [-0.15, -0.1) is 0 Å². The van der Waals surface area contributed by atoms with Gasteiger partial charge < -0.3 is 10.1 Å². The second-order valence-corrected chi connectivity index (χ2v) is 6.30. The first kappa shape index (κ1) is 16.0. The molecule has 0 amide bonds. The molecule has 110 valence electrons. The number of methoxy groups -OCH3 is 1. The lowest BCUT2D eigenvalue weighted by Crippen LogP contribution is -2.22. The molecule has 3 nitrogen and oxygen atoms in total. The van der Waals surface area contributed by atoms with Gasteiger partial charge in [0.15, 0.2) is 6.04 Å². The lowest BCUT2D eigenvalue weighted by molar-refractivity contribution is -0.141. The van der Waals surface area contributed by atoms with Crippen molar-refractivity contribution in [2.24, 2.45) is 0 Å². The van der Waals surface area contributed by atoms with E-state index in [1.807, 2.05) is 49.4 Å². The van der Waals surface area contributed by atoms with Crippen LogP contribution in [0.4, 0.5) is 5.69 Å². The fraction of sp³-hybridized carbons (Fsp3) is 0.188. The highest BCUT2D eigenvalue weighted by Gasteiger charge is 2.22. The van der Waals surface area contributed by atoms with Crippen molar-refractivity contribution in [1.29, 1.82) is 0 Å². The molecule has 1 atom stereocenters. The summed E-state index contributed by atoms with van der Waals surface area (Å²) >= 11 is 6.97. The predicted molar refractivity (Wildman–Crippen MR) is 91.4 cm³/mol. The summed E-state index contributed by atoms with van der Waals surface area (Å²) in [7, 11) is 1.39. The van der Waals surface area contributed by atoms with Gasteiger partial charge >= 0.3 is 5.97 Å². The number of halogens is 2. The van der Waals surface area contributed by atoms with Crippen LogP contribution < -0.4 is 5.32 Å². The average Bonchev–Trinajstić information content (AvgIpc) is 2.48. The molecule has 0 saturated carbocycles. The third-order valence-electron chi connectivity index (χ3n) is 3.14. The lowest BCUT2D eigenvalue weighted by atomic mass is 10.0. The summed E-state index contributed by atoms with van der Waals surface area (Å²) in [4.78, 5) is 12.1. The summed E-state index contributed by atoms with van der Waals surface area (Å²) in [6, 6.07) is 12.9. The number of para-hydroxylation sites is 1. The molecule has 21 heavy (non-hydrogen) atoms. The molecule has 0 spiro atoms. The summed E-state index contributed by atoms with van der Waals surface area (Å²) in [6.45, 7) is 2.00. The topological polar surface area (TPSA) is 38.3 Å². The Hall–Kier alpha value is -1.33. The van der Waals surface area contributed by atoms with Crippen molar-refractivity contribution >= 4 is 43.5 Å². The molecule has 2 aromatic carbocycles. The third kappa shape index (κ3) is 3.86. The number of ether oxygens (including phenoxy) is 1. The Morgan fingerprint density at radius 3 is 2.48 bits per heavy atom. The van der Waals surface area contributed by atoms with Gasteiger partial charge in [-0.3, -0.25) is 0 Å². The predicted octanol–water partition coefficient (Wildman–Crippen LogP) is 4.85. The molecule has 0 fully saturated rings. The monoisotopic (exact) mass is 411 g/mol. The molecule has 2 rings (SSSR count). The van der Waals surface area contributed by atoms with Gasteiger partial charge in [0.2, 0.25) is 0 Å². The van der Waals surface area contributed by atoms with Crippen LogP contribution in [-0.4, -0.2) is 13.1 Å². The smallest absolute Gasteiger partial charge is 0.332 e. The summed E-state index contributed by atoms with van der Waals surface area (Å²) in [6.07, 6.45) is 0. The second kappa shape index (κ2) is 7.09. The number of nitrogens with one attached hydrogen (secondary N) is 1. The van der Waals surface area contributed by atoms with Crippen molar-refractivity contribution < 1.29 is 9.53 Å². The Balaban J connectivity index is 2.37. The van der Waals surface area contributed by atoms with E-state index in [2.05, 4.69) is 37.2 Å². The number of anilines is 1. The number of hydrogen-bond donors (Lipinski definition) is 1. The highest BCUT2D eigenvalue weighted by atomic mass is 79.9. The minimum atomic E-state index is -0.564. The lowest BCUT2D eigenvalue weighted by Gasteiger charge is -2.19. The fourth-order valence-electron chi connectivity index (χ4n) is 1.92. The number of esters is 1. The zero-order valence-electron chi connectivity index (χ0n) is 11.7. The molecule has 1 N–H and O–H groups in total. The molecule has 0 bridgehead atoms. The van der Waals surface area contributed by atoms with Gasteiger partial charge in [0.05, 0.1) is 7.11 Å². The molecule has 0 aliphatic carbocycles. The van der Waals surface area contributed by atoms with Crippen LogP contribution >= 0.6 is 31.9 Å². The van der Waals surface area contributed by atoms with Crippen LogP contribution in [0.5, 0.6) is 0 Å². The molecular weight excluding hydrogens is 398 g/mol. The minimum absolute atomic E-state index is 0.332. The summed E-state index contributed by atoms with van der Waals surface area (Å²) < 4.78 is 6.77. The van der Waals surface area contributed by atoms with E-state index < -0.39 is 6.04 Å². The van der Waals surface area contributed by atoms with Gasteiger partial charge in [0.25, 0.3) is 0 Å².